The summed E-state index contributed by atoms with van der Waals surface area (Å²) in [6, 6.07) is 19.4. The molecular weight excluding hydrogens is 416 g/mol. The first-order valence-electron chi connectivity index (χ1n) is 11.4. The van der Waals surface area contributed by atoms with Crippen LogP contribution in [-0.4, -0.2) is 52.5 Å². The minimum absolute atomic E-state index is 0.0962. The molecular formula is C27H28N2O4. The molecule has 1 N–H and O–H groups in total. The second-order valence-corrected chi connectivity index (χ2v) is 9.04. The maximum absolute atomic E-state index is 13.6. The standard InChI is InChI=1S/C27H28N2O4/c1-17(30)25-23(28(2)26(31)24-9-6-14-33-24)16-22-21-15-20(18-7-4-3-5-8-18)11-10-19(21)12-13-29(22)27(25)32/h3-11,14-15,17,22-23,25,30H,12-13,16H2,1-2H3/t17-,22-,23-,25-/m0/s1. The summed E-state index contributed by atoms with van der Waals surface area (Å²) >= 11 is 0. The number of piperidine rings is 1. The van der Waals surface area contributed by atoms with E-state index in [0.717, 1.165) is 23.1 Å². The van der Waals surface area contributed by atoms with Gasteiger partial charge in [-0.2, -0.15) is 0 Å². The molecule has 4 atom stereocenters. The third-order valence-electron chi connectivity index (χ3n) is 7.13. The van der Waals surface area contributed by atoms with Crippen molar-refractivity contribution in [1.29, 1.82) is 0 Å². The normalized spacial score (nSPS) is 22.9. The maximum Gasteiger partial charge on any atom is 0.289 e. The van der Waals surface area contributed by atoms with Gasteiger partial charge in [0.2, 0.25) is 5.91 Å². The zero-order chi connectivity index (χ0) is 23.1. The summed E-state index contributed by atoms with van der Waals surface area (Å²) in [7, 11) is 1.69. The first-order valence-corrected chi connectivity index (χ1v) is 11.4. The number of hydrogen-bond acceptors (Lipinski definition) is 4. The van der Waals surface area contributed by atoms with Gasteiger partial charge in [0.25, 0.3) is 5.91 Å². The van der Waals surface area contributed by atoms with Gasteiger partial charge in [-0.05, 0) is 60.2 Å². The molecule has 33 heavy (non-hydrogen) atoms. The smallest absolute Gasteiger partial charge is 0.289 e. The number of aliphatic hydroxyl groups excluding tert-OH is 1. The molecule has 6 nitrogen and oxygen atoms in total. The lowest BCUT2D eigenvalue weighted by atomic mass is 9.77. The van der Waals surface area contributed by atoms with Gasteiger partial charge in [0, 0.05) is 19.6 Å². The number of nitrogens with zero attached hydrogens (tertiary/aromatic N) is 2. The molecule has 3 heterocycles. The van der Waals surface area contributed by atoms with Crippen molar-refractivity contribution in [2.75, 3.05) is 13.6 Å². The van der Waals surface area contributed by atoms with Crippen molar-refractivity contribution in [2.24, 2.45) is 5.92 Å². The fraction of sp³-hybridized carbons (Fsp3) is 0.333. The molecule has 1 saturated heterocycles. The lowest BCUT2D eigenvalue weighted by Crippen LogP contribution is -2.59. The number of hydrogen-bond donors (Lipinski definition) is 1. The van der Waals surface area contributed by atoms with E-state index in [-0.39, 0.29) is 23.6 Å². The Morgan fingerprint density at radius 2 is 1.91 bits per heavy atom. The first-order chi connectivity index (χ1) is 16.0. The quantitative estimate of drug-likeness (QED) is 0.662. The van der Waals surface area contributed by atoms with Crippen molar-refractivity contribution in [2.45, 2.75) is 38.0 Å². The van der Waals surface area contributed by atoms with Crippen molar-refractivity contribution in [3.63, 3.8) is 0 Å². The van der Waals surface area contributed by atoms with Crippen LogP contribution in [0.1, 0.15) is 41.1 Å². The van der Waals surface area contributed by atoms with Crippen molar-refractivity contribution in [3.05, 3.63) is 83.8 Å². The fourth-order valence-electron chi connectivity index (χ4n) is 5.41. The molecule has 2 amide bonds. The van der Waals surface area contributed by atoms with Gasteiger partial charge < -0.3 is 19.3 Å². The highest BCUT2D eigenvalue weighted by Gasteiger charge is 2.48. The van der Waals surface area contributed by atoms with E-state index in [0.29, 0.717) is 13.0 Å². The molecule has 1 fully saturated rings. The van der Waals surface area contributed by atoms with Crippen molar-refractivity contribution in [1.82, 2.24) is 9.80 Å². The molecule has 0 bridgehead atoms. The number of furan rings is 1. The van der Waals surface area contributed by atoms with Crippen LogP contribution in [0.4, 0.5) is 0 Å². The molecule has 0 spiro atoms. The van der Waals surface area contributed by atoms with E-state index >= 15 is 0 Å². The summed E-state index contributed by atoms with van der Waals surface area (Å²) in [6.45, 7) is 2.25. The van der Waals surface area contributed by atoms with Gasteiger partial charge in [-0.1, -0.05) is 42.5 Å². The lowest BCUT2D eigenvalue weighted by Gasteiger charge is -2.49. The van der Waals surface area contributed by atoms with Crippen LogP contribution in [0.5, 0.6) is 0 Å². The number of benzene rings is 2. The number of amides is 2. The number of carbonyl (C=O) groups excluding carboxylic acids is 2. The summed E-state index contributed by atoms with van der Waals surface area (Å²) in [5, 5.41) is 10.5. The molecule has 2 aliphatic rings. The van der Waals surface area contributed by atoms with E-state index in [4.69, 9.17) is 4.42 Å². The zero-order valence-corrected chi connectivity index (χ0v) is 18.8. The average Bonchev–Trinajstić information content (AvgIpc) is 3.38. The van der Waals surface area contributed by atoms with Crippen molar-refractivity contribution >= 4 is 11.8 Å². The highest BCUT2D eigenvalue weighted by molar-refractivity contribution is 5.92. The Morgan fingerprint density at radius 3 is 2.61 bits per heavy atom. The van der Waals surface area contributed by atoms with E-state index in [1.54, 1.807) is 31.0 Å². The molecule has 2 aliphatic heterocycles. The molecule has 5 rings (SSSR count). The molecule has 2 aromatic carbocycles. The average molecular weight is 445 g/mol. The molecule has 0 radical (unpaired) electrons. The van der Waals surface area contributed by atoms with Gasteiger partial charge in [0.1, 0.15) is 0 Å². The van der Waals surface area contributed by atoms with Crippen LogP contribution in [0.2, 0.25) is 0 Å². The Kier molecular flexibility index (Phi) is 5.54. The minimum Gasteiger partial charge on any atom is -0.459 e. The van der Waals surface area contributed by atoms with E-state index < -0.39 is 18.1 Å². The van der Waals surface area contributed by atoms with Gasteiger partial charge in [-0.15, -0.1) is 0 Å². The number of fused-ring (bicyclic) bond motifs is 3. The first kappa shape index (κ1) is 21.5. The Morgan fingerprint density at radius 1 is 1.12 bits per heavy atom. The summed E-state index contributed by atoms with van der Waals surface area (Å²) in [5.74, 6) is -0.830. The zero-order valence-electron chi connectivity index (χ0n) is 18.8. The summed E-state index contributed by atoms with van der Waals surface area (Å²) < 4.78 is 5.31. The van der Waals surface area contributed by atoms with E-state index in [9.17, 15) is 14.7 Å². The SMILES string of the molecule is C[C@H](O)[C@@H]1C(=O)N2CCc3ccc(-c4ccccc4)cc3[C@@H]2C[C@@H]1N(C)C(=O)c1ccco1. The van der Waals surface area contributed by atoms with Gasteiger partial charge in [0.05, 0.1) is 24.3 Å². The Bertz CT molecular complexity index is 1160. The van der Waals surface area contributed by atoms with Crippen molar-refractivity contribution < 1.29 is 19.1 Å². The molecule has 0 unspecified atom stereocenters. The number of rotatable bonds is 4. The molecule has 170 valence electrons. The highest BCUT2D eigenvalue weighted by Crippen LogP contribution is 2.43. The van der Waals surface area contributed by atoms with Crippen LogP contribution in [0.15, 0.2) is 71.3 Å². The minimum atomic E-state index is -0.868. The van der Waals surface area contributed by atoms with Gasteiger partial charge in [0.15, 0.2) is 5.76 Å². The van der Waals surface area contributed by atoms with Gasteiger partial charge in [-0.3, -0.25) is 9.59 Å². The monoisotopic (exact) mass is 444 g/mol. The van der Waals surface area contributed by atoms with Gasteiger partial charge in [-0.25, -0.2) is 0 Å². The van der Waals surface area contributed by atoms with E-state index in [1.165, 1.54) is 11.8 Å². The predicted octanol–water partition coefficient (Wildman–Crippen LogP) is 3.91. The van der Waals surface area contributed by atoms with Crippen LogP contribution in [0.25, 0.3) is 11.1 Å². The van der Waals surface area contributed by atoms with Crippen LogP contribution < -0.4 is 0 Å². The summed E-state index contributed by atoms with van der Waals surface area (Å²) in [6.07, 6.45) is 1.94. The third kappa shape index (κ3) is 3.74. The van der Waals surface area contributed by atoms with Crippen molar-refractivity contribution in [3.8, 4) is 11.1 Å². The topological polar surface area (TPSA) is 74.0 Å². The van der Waals surface area contributed by atoms with Crippen LogP contribution in [-0.2, 0) is 11.2 Å². The van der Waals surface area contributed by atoms with E-state index in [1.807, 2.05) is 23.1 Å². The molecule has 0 aliphatic carbocycles. The van der Waals surface area contributed by atoms with Crippen LogP contribution in [0.3, 0.4) is 0 Å². The van der Waals surface area contributed by atoms with E-state index in [2.05, 4.69) is 30.3 Å². The lowest BCUT2D eigenvalue weighted by molar-refractivity contribution is -0.151. The highest BCUT2D eigenvalue weighted by atomic mass is 16.3. The van der Waals surface area contributed by atoms with Gasteiger partial charge >= 0.3 is 0 Å². The molecule has 6 heteroatoms. The Balaban J connectivity index is 1.53. The number of carbonyl (C=O) groups is 2. The summed E-state index contributed by atoms with van der Waals surface area (Å²) in [5.41, 5.74) is 4.60. The fourth-order valence-corrected chi connectivity index (χ4v) is 5.41. The molecule has 3 aromatic rings. The molecule has 1 aromatic heterocycles. The largest absolute Gasteiger partial charge is 0.459 e. The predicted molar refractivity (Wildman–Crippen MR) is 124 cm³/mol. The summed E-state index contributed by atoms with van der Waals surface area (Å²) in [4.78, 5) is 30.1. The third-order valence-corrected chi connectivity index (χ3v) is 7.13. The Labute approximate surface area is 193 Å². The second kappa shape index (κ2) is 8.52. The second-order valence-electron chi connectivity index (χ2n) is 9.04. The van der Waals surface area contributed by atoms with Crippen LogP contribution >= 0.6 is 0 Å². The maximum atomic E-state index is 13.6. The Hall–Kier alpha value is -3.38. The molecule has 0 saturated carbocycles. The van der Waals surface area contributed by atoms with Crippen LogP contribution in [0, 0.1) is 5.92 Å². The number of aliphatic hydroxyl groups is 1.